The Bertz CT molecular complexity index is 2520. The van der Waals surface area contributed by atoms with Gasteiger partial charge in [-0.05, 0) is 103 Å². The lowest BCUT2D eigenvalue weighted by molar-refractivity contribution is -0.161. The smallest absolute Gasteiger partial charge is 0.340 e. The average molecular weight is 917 g/mol. The number of nitrogens with zero attached hydrogens (tertiary/aromatic N) is 2. The zero-order chi connectivity index (χ0) is 49.7. The summed E-state index contributed by atoms with van der Waals surface area (Å²) < 4.78 is 15.3. The van der Waals surface area contributed by atoms with Crippen LogP contribution < -0.4 is 21.5 Å². The van der Waals surface area contributed by atoms with Gasteiger partial charge >= 0.3 is 17.9 Å². The number of rotatable bonds is 20. The summed E-state index contributed by atoms with van der Waals surface area (Å²) in [6, 6.07) is 27.2. The molecule has 67 heavy (non-hydrogen) atoms. The maximum Gasteiger partial charge on any atom is 0.340 e. The zero-order valence-corrected chi connectivity index (χ0v) is 39.9. The summed E-state index contributed by atoms with van der Waals surface area (Å²) in [6.07, 6.45) is 1.27. The Kier molecular flexibility index (Phi) is 17.6. The van der Waals surface area contributed by atoms with Crippen molar-refractivity contribution in [2.24, 2.45) is 26.4 Å². The van der Waals surface area contributed by atoms with Crippen LogP contribution in [0.15, 0.2) is 107 Å². The van der Waals surface area contributed by atoms with Crippen LogP contribution in [0.1, 0.15) is 106 Å². The highest BCUT2D eigenvalue weighted by Gasteiger charge is 2.47. The zero-order valence-electron chi connectivity index (χ0n) is 39.9. The van der Waals surface area contributed by atoms with Crippen molar-refractivity contribution >= 4 is 75.5 Å². The van der Waals surface area contributed by atoms with Gasteiger partial charge in [0.2, 0.25) is 0 Å². The van der Waals surface area contributed by atoms with Gasteiger partial charge < -0.3 is 24.8 Å². The van der Waals surface area contributed by atoms with Crippen LogP contribution in [0.4, 0.5) is 22.7 Å². The molecule has 0 saturated carbocycles. The van der Waals surface area contributed by atoms with Crippen LogP contribution in [-0.2, 0) is 44.6 Å². The highest BCUT2D eigenvalue weighted by atomic mass is 16.5. The van der Waals surface area contributed by atoms with Crippen molar-refractivity contribution in [3.05, 3.63) is 119 Å². The third-order valence-corrected chi connectivity index (χ3v) is 11.7. The van der Waals surface area contributed by atoms with Crippen LogP contribution >= 0.6 is 0 Å². The Hall–Kier alpha value is -7.49. The molecule has 16 heteroatoms. The summed E-state index contributed by atoms with van der Waals surface area (Å²) in [7, 11) is 2.34. The molecule has 1 unspecified atom stereocenters. The first kappa shape index (κ1) is 52.1. The van der Waals surface area contributed by atoms with Gasteiger partial charge in [0, 0.05) is 31.6 Å². The van der Waals surface area contributed by atoms with Crippen LogP contribution in [0.5, 0.6) is 0 Å². The standard InChI is InChI=1S/C51H60N6O10/c1-31(58)42(56-54-38-20-17-33(18-21-38)27-28-67-48(64)51(8,9)50(6,7)30-40(49(3,4)5)34-15-13-12-14-16-34)44(60)52-36-22-24-37(25-23-36)53-45(61)43(32(2)59)57-55-41-29-35(46(62)65-10)19-26-39(41)47(63)66-11/h12-26,29,40,54-55H,27-28,30H2,1-11H3,(H,52,60)(H,53,61)/b56-42-,57-43-. The van der Waals surface area contributed by atoms with Crippen molar-refractivity contribution in [2.45, 2.75) is 81.1 Å². The normalized spacial score (nSPS) is 12.5. The quantitative estimate of drug-likeness (QED) is 0.0215. The summed E-state index contributed by atoms with van der Waals surface area (Å²) in [5.74, 6) is -4.52. The number of hydrogen-bond acceptors (Lipinski definition) is 14. The van der Waals surface area contributed by atoms with Crippen LogP contribution in [-0.4, -0.2) is 73.5 Å². The van der Waals surface area contributed by atoms with Crippen LogP contribution in [0.2, 0.25) is 0 Å². The summed E-state index contributed by atoms with van der Waals surface area (Å²) in [5.41, 5.74) is 6.26. The molecule has 0 bridgehead atoms. The molecule has 2 amide bonds. The second-order valence-electron chi connectivity index (χ2n) is 18.1. The maximum atomic E-state index is 13.6. The van der Waals surface area contributed by atoms with E-state index < -0.39 is 52.2 Å². The van der Waals surface area contributed by atoms with Crippen LogP contribution in [0, 0.1) is 16.2 Å². The van der Waals surface area contributed by atoms with E-state index in [1.165, 1.54) is 62.1 Å². The first-order valence-corrected chi connectivity index (χ1v) is 21.5. The molecule has 4 rings (SSSR count). The fraction of sp³-hybridized carbons (Fsp3) is 0.353. The molecule has 0 fully saturated rings. The second kappa shape index (κ2) is 22.6. The van der Waals surface area contributed by atoms with E-state index in [2.05, 4.69) is 90.6 Å². The lowest BCUT2D eigenvalue weighted by atomic mass is 9.60. The largest absolute Gasteiger partial charge is 0.465 e. The minimum atomic E-state index is -0.905. The number of esters is 3. The molecule has 4 aromatic carbocycles. The number of anilines is 4. The minimum Gasteiger partial charge on any atom is -0.465 e. The molecule has 1 atom stereocenters. The van der Waals surface area contributed by atoms with Gasteiger partial charge in [0.25, 0.3) is 11.8 Å². The Morgan fingerprint density at radius 2 is 1.12 bits per heavy atom. The molecular weight excluding hydrogens is 857 g/mol. The highest BCUT2D eigenvalue weighted by molar-refractivity contribution is 6.67. The van der Waals surface area contributed by atoms with E-state index in [1.54, 1.807) is 12.1 Å². The lowest BCUT2D eigenvalue weighted by Crippen LogP contribution is -2.43. The molecule has 0 aliphatic carbocycles. The first-order valence-electron chi connectivity index (χ1n) is 21.5. The number of ether oxygens (including phenoxy) is 3. The molecule has 4 aromatic rings. The van der Waals surface area contributed by atoms with E-state index in [0.717, 1.165) is 26.0 Å². The van der Waals surface area contributed by atoms with Gasteiger partial charge in [-0.1, -0.05) is 77.1 Å². The molecule has 0 heterocycles. The van der Waals surface area contributed by atoms with Gasteiger partial charge in [-0.25, -0.2) is 9.59 Å². The number of methoxy groups -OCH3 is 2. The van der Waals surface area contributed by atoms with Crippen molar-refractivity contribution in [1.29, 1.82) is 0 Å². The number of amides is 2. The van der Waals surface area contributed by atoms with Gasteiger partial charge in [0.1, 0.15) is 0 Å². The predicted octanol–water partition coefficient (Wildman–Crippen LogP) is 8.61. The number of ketones is 2. The van der Waals surface area contributed by atoms with E-state index in [4.69, 9.17) is 14.2 Å². The van der Waals surface area contributed by atoms with Crippen molar-refractivity contribution in [2.75, 3.05) is 42.3 Å². The summed E-state index contributed by atoms with van der Waals surface area (Å²) >= 11 is 0. The van der Waals surface area contributed by atoms with Gasteiger partial charge in [-0.3, -0.25) is 34.8 Å². The maximum absolute atomic E-state index is 13.6. The summed E-state index contributed by atoms with van der Waals surface area (Å²) in [5, 5.41) is 13.1. The topological polar surface area (TPSA) is 220 Å². The van der Waals surface area contributed by atoms with Crippen molar-refractivity contribution in [3.8, 4) is 0 Å². The molecule has 0 radical (unpaired) electrons. The summed E-state index contributed by atoms with van der Waals surface area (Å²) in [4.78, 5) is 89.1. The first-order chi connectivity index (χ1) is 31.5. The van der Waals surface area contributed by atoms with Gasteiger partial charge in [-0.15, -0.1) is 0 Å². The molecule has 0 aliphatic rings. The van der Waals surface area contributed by atoms with Crippen molar-refractivity contribution < 1.29 is 47.8 Å². The molecule has 0 aliphatic heterocycles. The van der Waals surface area contributed by atoms with Gasteiger partial charge in [0.15, 0.2) is 23.0 Å². The monoisotopic (exact) mass is 916 g/mol. The van der Waals surface area contributed by atoms with E-state index >= 15 is 0 Å². The molecule has 0 aromatic heterocycles. The third kappa shape index (κ3) is 14.0. The van der Waals surface area contributed by atoms with E-state index in [0.29, 0.717) is 12.1 Å². The molecular formula is C51H60N6O10. The second-order valence-corrected chi connectivity index (χ2v) is 18.1. The molecule has 0 saturated heterocycles. The van der Waals surface area contributed by atoms with E-state index in [9.17, 15) is 33.6 Å². The van der Waals surface area contributed by atoms with Gasteiger partial charge in [0.05, 0.1) is 48.7 Å². The number of nitrogens with one attached hydrogen (secondary N) is 4. The number of carbonyl (C=O) groups is 7. The average Bonchev–Trinajstić information content (AvgIpc) is 3.28. The number of hydrazone groups is 2. The molecule has 0 spiro atoms. The Labute approximate surface area is 391 Å². The molecule has 4 N–H and O–H groups in total. The minimum absolute atomic E-state index is 0.0137. The van der Waals surface area contributed by atoms with E-state index in [-0.39, 0.29) is 57.5 Å². The van der Waals surface area contributed by atoms with Crippen molar-refractivity contribution in [3.63, 3.8) is 0 Å². The predicted molar refractivity (Wildman–Crippen MR) is 258 cm³/mol. The van der Waals surface area contributed by atoms with Crippen LogP contribution in [0.3, 0.4) is 0 Å². The molecule has 16 nitrogen and oxygen atoms in total. The highest BCUT2D eigenvalue weighted by Crippen LogP contribution is 2.50. The Morgan fingerprint density at radius 1 is 0.612 bits per heavy atom. The number of Topliss-reactive ketones (excluding diaryl/α,β-unsaturated/α-hetero) is 2. The number of hydrogen-bond donors (Lipinski definition) is 4. The molecule has 354 valence electrons. The summed E-state index contributed by atoms with van der Waals surface area (Å²) in [6.45, 7) is 17.3. The third-order valence-electron chi connectivity index (χ3n) is 11.7. The Morgan fingerprint density at radius 3 is 1.61 bits per heavy atom. The Balaban J connectivity index is 1.33. The fourth-order valence-electron chi connectivity index (χ4n) is 6.84. The SMILES string of the molecule is COC(=O)c1ccc(C(=O)OC)c(N/N=C(/C(C)=O)C(=O)Nc2ccc(NC(=O)/C(=N\Nc3ccc(CCOC(=O)C(C)(C)C(C)(C)CC(c4ccccc4)C(C)(C)C)cc3)C(C)=O)cc2)c1. The number of carbonyl (C=O) groups excluding carboxylic acids is 7. The van der Waals surface area contributed by atoms with E-state index in [1.807, 2.05) is 32.0 Å². The fourth-order valence-corrected chi connectivity index (χ4v) is 6.84. The van der Waals surface area contributed by atoms with Crippen molar-refractivity contribution in [1.82, 2.24) is 0 Å². The number of benzene rings is 4. The lowest BCUT2D eigenvalue weighted by Gasteiger charge is -2.44. The van der Waals surface area contributed by atoms with Crippen LogP contribution in [0.25, 0.3) is 0 Å². The van der Waals surface area contributed by atoms with Gasteiger partial charge in [-0.2, -0.15) is 10.2 Å².